The summed E-state index contributed by atoms with van der Waals surface area (Å²) in [5.74, 6) is 0. The second kappa shape index (κ2) is 7.93. The van der Waals surface area contributed by atoms with Gasteiger partial charge in [0.05, 0.1) is 18.8 Å². The molecule has 0 aliphatic heterocycles. The Morgan fingerprint density at radius 1 is 1.33 bits per heavy atom. The van der Waals surface area contributed by atoms with E-state index < -0.39 is 0 Å². The number of hydrogen-bond donors (Lipinski definition) is 1. The van der Waals surface area contributed by atoms with Crippen LogP contribution < -0.4 is 5.32 Å². The van der Waals surface area contributed by atoms with Crippen LogP contribution in [-0.2, 0) is 4.74 Å². The smallest absolute Gasteiger partial charge is 0.0664 e. The van der Waals surface area contributed by atoms with Crippen LogP contribution in [0.25, 0.3) is 0 Å². The minimum atomic E-state index is 0.271. The van der Waals surface area contributed by atoms with Crippen LogP contribution in [0, 0.1) is 6.92 Å². The Morgan fingerprint density at radius 3 is 2.61 bits per heavy atom. The molecule has 2 nitrogen and oxygen atoms in total. The first-order valence-corrected chi connectivity index (χ1v) is 7.45. The van der Waals surface area contributed by atoms with E-state index in [1.807, 2.05) is 0 Å². The standard InChI is InChI=1S/C15H24BrNO/c1-5-8-17-15(10-18-11(2)3)13-6-7-14(16)12(4)9-13/h6-7,9,11,15,17H,5,8,10H2,1-4H3. The summed E-state index contributed by atoms with van der Waals surface area (Å²) in [5.41, 5.74) is 2.56. The minimum Gasteiger partial charge on any atom is -0.377 e. The molecule has 0 saturated carbocycles. The Balaban J connectivity index is 2.76. The zero-order chi connectivity index (χ0) is 13.5. The molecular formula is C15H24BrNO. The second-order valence-electron chi connectivity index (χ2n) is 4.90. The van der Waals surface area contributed by atoms with Crippen molar-refractivity contribution in [2.24, 2.45) is 0 Å². The molecule has 1 rings (SSSR count). The molecule has 0 aliphatic rings. The number of halogens is 1. The van der Waals surface area contributed by atoms with Gasteiger partial charge in [0.1, 0.15) is 0 Å². The Bertz CT molecular complexity index is 366. The summed E-state index contributed by atoms with van der Waals surface area (Å²) in [6, 6.07) is 6.77. The second-order valence-corrected chi connectivity index (χ2v) is 5.75. The maximum atomic E-state index is 5.75. The van der Waals surface area contributed by atoms with Gasteiger partial charge in [0.25, 0.3) is 0 Å². The van der Waals surface area contributed by atoms with Gasteiger partial charge in [-0.05, 0) is 50.9 Å². The SMILES string of the molecule is CCCNC(COC(C)C)c1ccc(Br)c(C)c1. The molecule has 0 amide bonds. The van der Waals surface area contributed by atoms with Crippen molar-refractivity contribution in [3.63, 3.8) is 0 Å². The highest BCUT2D eigenvalue weighted by Crippen LogP contribution is 2.22. The predicted octanol–water partition coefficient (Wildman–Crippen LogP) is 4.22. The average Bonchev–Trinajstić information content (AvgIpc) is 2.33. The van der Waals surface area contributed by atoms with E-state index in [1.165, 1.54) is 11.1 Å². The molecular weight excluding hydrogens is 290 g/mol. The molecule has 0 bridgehead atoms. The van der Waals surface area contributed by atoms with Crippen molar-refractivity contribution in [3.8, 4) is 0 Å². The van der Waals surface area contributed by atoms with E-state index in [2.05, 4.69) is 67.1 Å². The Kier molecular flexibility index (Phi) is 6.90. The van der Waals surface area contributed by atoms with E-state index in [0.717, 1.165) is 24.0 Å². The molecule has 0 aromatic heterocycles. The normalized spacial score (nSPS) is 13.0. The third-order valence-corrected chi connectivity index (χ3v) is 3.71. The largest absolute Gasteiger partial charge is 0.377 e. The monoisotopic (exact) mass is 313 g/mol. The Labute approximate surface area is 119 Å². The first-order chi connectivity index (χ1) is 8.54. The fourth-order valence-corrected chi connectivity index (χ4v) is 2.01. The van der Waals surface area contributed by atoms with Gasteiger partial charge in [-0.15, -0.1) is 0 Å². The highest BCUT2D eigenvalue weighted by atomic mass is 79.9. The lowest BCUT2D eigenvalue weighted by molar-refractivity contribution is 0.0611. The van der Waals surface area contributed by atoms with Gasteiger partial charge in [-0.25, -0.2) is 0 Å². The molecule has 1 aromatic rings. The van der Waals surface area contributed by atoms with Crippen molar-refractivity contribution in [2.45, 2.75) is 46.3 Å². The number of aryl methyl sites for hydroxylation is 1. The predicted molar refractivity (Wildman–Crippen MR) is 81.0 cm³/mol. The Hall–Kier alpha value is -0.380. The molecule has 0 aliphatic carbocycles. The van der Waals surface area contributed by atoms with Gasteiger partial charge >= 0.3 is 0 Å². The zero-order valence-corrected chi connectivity index (χ0v) is 13.4. The molecule has 1 unspecified atom stereocenters. The van der Waals surface area contributed by atoms with Crippen LogP contribution in [0.2, 0.25) is 0 Å². The summed E-state index contributed by atoms with van der Waals surface area (Å²) in [6.07, 6.45) is 1.40. The molecule has 0 spiro atoms. The molecule has 1 aromatic carbocycles. The van der Waals surface area contributed by atoms with E-state index in [0.29, 0.717) is 0 Å². The highest BCUT2D eigenvalue weighted by molar-refractivity contribution is 9.10. The quantitative estimate of drug-likeness (QED) is 0.813. The van der Waals surface area contributed by atoms with Crippen LogP contribution in [-0.4, -0.2) is 19.3 Å². The number of benzene rings is 1. The summed E-state index contributed by atoms with van der Waals surface area (Å²) in [7, 11) is 0. The van der Waals surface area contributed by atoms with Crippen LogP contribution in [0.5, 0.6) is 0 Å². The molecule has 3 heteroatoms. The minimum absolute atomic E-state index is 0.271. The van der Waals surface area contributed by atoms with Crippen molar-refractivity contribution in [1.82, 2.24) is 5.32 Å². The van der Waals surface area contributed by atoms with Gasteiger partial charge in [-0.2, -0.15) is 0 Å². The van der Waals surface area contributed by atoms with Crippen molar-refractivity contribution in [3.05, 3.63) is 33.8 Å². The lowest BCUT2D eigenvalue weighted by Crippen LogP contribution is -2.27. The van der Waals surface area contributed by atoms with Crippen LogP contribution in [0.15, 0.2) is 22.7 Å². The molecule has 1 atom stereocenters. The summed E-state index contributed by atoms with van der Waals surface area (Å²) in [4.78, 5) is 0. The summed E-state index contributed by atoms with van der Waals surface area (Å²) >= 11 is 3.54. The van der Waals surface area contributed by atoms with Crippen LogP contribution in [0.1, 0.15) is 44.4 Å². The van der Waals surface area contributed by atoms with E-state index in [-0.39, 0.29) is 12.1 Å². The van der Waals surface area contributed by atoms with Crippen molar-refractivity contribution >= 4 is 15.9 Å². The highest BCUT2D eigenvalue weighted by Gasteiger charge is 2.12. The molecule has 0 saturated heterocycles. The van der Waals surface area contributed by atoms with E-state index in [4.69, 9.17) is 4.74 Å². The number of ether oxygens (including phenoxy) is 1. The number of hydrogen-bond acceptors (Lipinski definition) is 2. The molecule has 1 N–H and O–H groups in total. The van der Waals surface area contributed by atoms with Crippen molar-refractivity contribution < 1.29 is 4.74 Å². The topological polar surface area (TPSA) is 21.3 Å². The summed E-state index contributed by atoms with van der Waals surface area (Å²) in [5, 5.41) is 3.55. The lowest BCUT2D eigenvalue weighted by Gasteiger charge is -2.21. The molecule has 0 fully saturated rings. The zero-order valence-electron chi connectivity index (χ0n) is 11.8. The van der Waals surface area contributed by atoms with Crippen LogP contribution in [0.4, 0.5) is 0 Å². The Morgan fingerprint density at radius 2 is 2.06 bits per heavy atom. The van der Waals surface area contributed by atoms with Crippen LogP contribution in [0.3, 0.4) is 0 Å². The number of rotatable bonds is 7. The maximum Gasteiger partial charge on any atom is 0.0664 e. The van der Waals surface area contributed by atoms with Gasteiger partial charge in [0, 0.05) is 4.47 Å². The van der Waals surface area contributed by atoms with Crippen LogP contribution >= 0.6 is 15.9 Å². The first-order valence-electron chi connectivity index (χ1n) is 6.65. The molecule has 0 radical (unpaired) electrons. The third kappa shape index (κ3) is 5.09. The van der Waals surface area contributed by atoms with Gasteiger partial charge < -0.3 is 10.1 Å². The van der Waals surface area contributed by atoms with Gasteiger partial charge in [0.2, 0.25) is 0 Å². The van der Waals surface area contributed by atoms with E-state index in [9.17, 15) is 0 Å². The fourth-order valence-electron chi connectivity index (χ4n) is 1.76. The molecule has 18 heavy (non-hydrogen) atoms. The maximum absolute atomic E-state index is 5.75. The van der Waals surface area contributed by atoms with E-state index >= 15 is 0 Å². The third-order valence-electron chi connectivity index (χ3n) is 2.82. The lowest BCUT2D eigenvalue weighted by atomic mass is 10.0. The summed E-state index contributed by atoms with van der Waals surface area (Å²) in [6.45, 7) is 10.2. The average molecular weight is 314 g/mol. The van der Waals surface area contributed by atoms with Crippen molar-refractivity contribution in [1.29, 1.82) is 0 Å². The van der Waals surface area contributed by atoms with E-state index in [1.54, 1.807) is 0 Å². The van der Waals surface area contributed by atoms with Gasteiger partial charge in [0.15, 0.2) is 0 Å². The fraction of sp³-hybridized carbons (Fsp3) is 0.600. The van der Waals surface area contributed by atoms with Gasteiger partial charge in [-0.3, -0.25) is 0 Å². The number of nitrogens with one attached hydrogen (secondary N) is 1. The molecule has 102 valence electrons. The first kappa shape index (κ1) is 15.7. The summed E-state index contributed by atoms with van der Waals surface area (Å²) < 4.78 is 6.91. The molecule has 0 heterocycles. The van der Waals surface area contributed by atoms with Crippen molar-refractivity contribution in [2.75, 3.05) is 13.2 Å². The van der Waals surface area contributed by atoms with Gasteiger partial charge in [-0.1, -0.05) is 35.0 Å².